The monoisotopic (exact) mass is 264 g/mol. The maximum atomic E-state index is 11.7. The van der Waals surface area contributed by atoms with E-state index in [0.717, 1.165) is 5.69 Å². The lowest BCUT2D eigenvalue weighted by Crippen LogP contribution is -2.25. The van der Waals surface area contributed by atoms with Crippen molar-refractivity contribution in [2.75, 3.05) is 6.54 Å². The molecule has 2 aromatic heterocycles. The van der Waals surface area contributed by atoms with Gasteiger partial charge in [0.15, 0.2) is 0 Å². The Bertz CT molecular complexity index is 535. The Morgan fingerprint density at radius 3 is 2.89 bits per heavy atom. The van der Waals surface area contributed by atoms with Crippen LogP contribution in [0.5, 0.6) is 0 Å². The number of amides is 1. The highest BCUT2D eigenvalue weighted by Crippen LogP contribution is 2.05. The smallest absolute Gasteiger partial charge is 0.252 e. The van der Waals surface area contributed by atoms with Gasteiger partial charge in [0.05, 0.1) is 11.3 Å². The highest BCUT2D eigenvalue weighted by molar-refractivity contribution is 6.29. The summed E-state index contributed by atoms with van der Waals surface area (Å²) in [5, 5.41) is 7.41. The van der Waals surface area contributed by atoms with Crippen LogP contribution < -0.4 is 5.32 Å². The van der Waals surface area contributed by atoms with Crippen molar-refractivity contribution < 1.29 is 4.79 Å². The van der Waals surface area contributed by atoms with E-state index in [0.29, 0.717) is 23.7 Å². The molecule has 0 saturated heterocycles. The van der Waals surface area contributed by atoms with Crippen LogP contribution >= 0.6 is 11.6 Å². The topological polar surface area (TPSA) is 59.8 Å². The van der Waals surface area contributed by atoms with E-state index in [1.807, 2.05) is 19.3 Å². The average molecular weight is 265 g/mol. The number of hydrogen-bond donors (Lipinski definition) is 1. The first kappa shape index (κ1) is 12.6. The molecule has 0 aromatic carbocycles. The molecule has 0 aliphatic heterocycles. The molecule has 6 heteroatoms. The number of carbonyl (C=O) groups excluding carboxylic acids is 1. The predicted octanol–water partition coefficient (Wildman–Crippen LogP) is 1.44. The summed E-state index contributed by atoms with van der Waals surface area (Å²) in [6.07, 6.45) is 4.03. The fourth-order valence-electron chi connectivity index (χ4n) is 1.51. The summed E-state index contributed by atoms with van der Waals surface area (Å²) < 4.78 is 1.74. The third-order valence-corrected chi connectivity index (χ3v) is 2.65. The SMILES string of the molecule is Cn1ccc(CCNC(=O)c2ccc(Cl)nc2)n1. The number of rotatable bonds is 4. The van der Waals surface area contributed by atoms with Gasteiger partial charge < -0.3 is 5.32 Å². The molecule has 2 heterocycles. The molecular weight excluding hydrogens is 252 g/mol. The van der Waals surface area contributed by atoms with E-state index >= 15 is 0 Å². The standard InChI is InChI=1S/C12H13ClN4O/c1-17-7-5-10(16-17)4-6-14-12(18)9-2-3-11(13)15-8-9/h2-3,5,7-8H,4,6H2,1H3,(H,14,18). The van der Waals surface area contributed by atoms with E-state index < -0.39 is 0 Å². The number of hydrogen-bond acceptors (Lipinski definition) is 3. The van der Waals surface area contributed by atoms with Crippen LogP contribution in [-0.4, -0.2) is 27.2 Å². The third kappa shape index (κ3) is 3.30. The third-order valence-electron chi connectivity index (χ3n) is 2.43. The number of nitrogens with zero attached hydrogens (tertiary/aromatic N) is 3. The Morgan fingerprint density at radius 2 is 2.28 bits per heavy atom. The lowest BCUT2D eigenvalue weighted by molar-refractivity contribution is 0.0953. The first-order chi connectivity index (χ1) is 8.65. The largest absolute Gasteiger partial charge is 0.352 e. The zero-order valence-electron chi connectivity index (χ0n) is 9.93. The van der Waals surface area contributed by atoms with Gasteiger partial charge in [-0.25, -0.2) is 4.98 Å². The van der Waals surface area contributed by atoms with Gasteiger partial charge in [-0.3, -0.25) is 9.48 Å². The van der Waals surface area contributed by atoms with Gasteiger partial charge in [-0.2, -0.15) is 5.10 Å². The number of halogens is 1. The molecule has 0 aliphatic rings. The maximum absolute atomic E-state index is 11.7. The van der Waals surface area contributed by atoms with Crippen molar-refractivity contribution in [3.05, 3.63) is 47.0 Å². The molecule has 94 valence electrons. The molecule has 0 fully saturated rings. The summed E-state index contributed by atoms with van der Waals surface area (Å²) in [5.74, 6) is -0.157. The van der Waals surface area contributed by atoms with Gasteiger partial charge in [0.2, 0.25) is 0 Å². The van der Waals surface area contributed by atoms with Crippen molar-refractivity contribution in [1.29, 1.82) is 0 Å². The van der Waals surface area contributed by atoms with Crippen molar-refractivity contribution in [3.8, 4) is 0 Å². The number of pyridine rings is 1. The Morgan fingerprint density at radius 1 is 1.44 bits per heavy atom. The van der Waals surface area contributed by atoms with Crippen LogP contribution in [0, 0.1) is 0 Å². The van der Waals surface area contributed by atoms with Crippen LogP contribution in [0.2, 0.25) is 5.15 Å². The van der Waals surface area contributed by atoms with E-state index in [-0.39, 0.29) is 5.91 Å². The normalized spacial score (nSPS) is 10.3. The Balaban J connectivity index is 1.83. The van der Waals surface area contributed by atoms with Gasteiger partial charge in [-0.05, 0) is 18.2 Å². The van der Waals surface area contributed by atoms with Crippen LogP contribution in [0.4, 0.5) is 0 Å². The molecule has 1 amide bonds. The number of aromatic nitrogens is 3. The minimum atomic E-state index is -0.157. The maximum Gasteiger partial charge on any atom is 0.252 e. The van der Waals surface area contributed by atoms with Crippen molar-refractivity contribution in [1.82, 2.24) is 20.1 Å². The van der Waals surface area contributed by atoms with Crippen molar-refractivity contribution in [3.63, 3.8) is 0 Å². The van der Waals surface area contributed by atoms with E-state index in [1.165, 1.54) is 6.20 Å². The fraction of sp³-hybridized carbons (Fsp3) is 0.250. The Hall–Kier alpha value is -1.88. The number of aryl methyl sites for hydroxylation is 1. The molecule has 0 unspecified atom stereocenters. The molecular formula is C12H13ClN4O. The molecule has 0 radical (unpaired) electrons. The second kappa shape index (κ2) is 5.64. The molecule has 18 heavy (non-hydrogen) atoms. The molecule has 0 saturated carbocycles. The zero-order chi connectivity index (χ0) is 13.0. The summed E-state index contributed by atoms with van der Waals surface area (Å²) in [6.45, 7) is 0.540. The summed E-state index contributed by atoms with van der Waals surface area (Å²) in [4.78, 5) is 15.6. The number of nitrogens with one attached hydrogen (secondary N) is 1. The highest BCUT2D eigenvalue weighted by Gasteiger charge is 2.05. The first-order valence-electron chi connectivity index (χ1n) is 5.53. The average Bonchev–Trinajstić information content (AvgIpc) is 2.76. The first-order valence-corrected chi connectivity index (χ1v) is 5.91. The highest BCUT2D eigenvalue weighted by atomic mass is 35.5. The van der Waals surface area contributed by atoms with Crippen LogP contribution in [0.1, 0.15) is 16.1 Å². The molecule has 2 rings (SSSR count). The van der Waals surface area contributed by atoms with Crippen LogP contribution in [0.25, 0.3) is 0 Å². The van der Waals surface area contributed by atoms with E-state index in [9.17, 15) is 4.79 Å². The molecule has 0 atom stereocenters. The lowest BCUT2D eigenvalue weighted by atomic mass is 10.2. The van der Waals surface area contributed by atoms with Gasteiger partial charge in [0.25, 0.3) is 5.91 Å². The van der Waals surface area contributed by atoms with Gasteiger partial charge in [0.1, 0.15) is 5.15 Å². The predicted molar refractivity (Wildman–Crippen MR) is 68.5 cm³/mol. The van der Waals surface area contributed by atoms with Crippen molar-refractivity contribution in [2.24, 2.45) is 7.05 Å². The lowest BCUT2D eigenvalue weighted by Gasteiger charge is -2.03. The molecule has 0 bridgehead atoms. The van der Waals surface area contributed by atoms with Crippen molar-refractivity contribution >= 4 is 17.5 Å². The second-order valence-electron chi connectivity index (χ2n) is 3.86. The van der Waals surface area contributed by atoms with Crippen LogP contribution in [0.3, 0.4) is 0 Å². The molecule has 5 nitrogen and oxygen atoms in total. The summed E-state index contributed by atoms with van der Waals surface area (Å²) >= 11 is 5.65. The van der Waals surface area contributed by atoms with Crippen LogP contribution in [0.15, 0.2) is 30.6 Å². The van der Waals surface area contributed by atoms with E-state index in [1.54, 1.807) is 16.8 Å². The van der Waals surface area contributed by atoms with E-state index in [4.69, 9.17) is 11.6 Å². The van der Waals surface area contributed by atoms with Crippen LogP contribution in [-0.2, 0) is 13.5 Å². The molecule has 1 N–H and O–H groups in total. The molecule has 2 aromatic rings. The van der Waals surface area contributed by atoms with Gasteiger partial charge in [-0.1, -0.05) is 11.6 Å². The summed E-state index contributed by atoms with van der Waals surface area (Å²) in [5.41, 5.74) is 1.45. The fourth-order valence-corrected chi connectivity index (χ4v) is 1.62. The minimum absolute atomic E-state index is 0.157. The Kier molecular flexibility index (Phi) is 3.94. The zero-order valence-corrected chi connectivity index (χ0v) is 10.7. The summed E-state index contributed by atoms with van der Waals surface area (Å²) in [6, 6.07) is 5.16. The van der Waals surface area contributed by atoms with Gasteiger partial charge in [0, 0.05) is 32.4 Å². The molecule has 0 spiro atoms. The quantitative estimate of drug-likeness (QED) is 0.850. The Labute approximate surface area is 110 Å². The summed E-state index contributed by atoms with van der Waals surface area (Å²) in [7, 11) is 1.86. The van der Waals surface area contributed by atoms with Crippen molar-refractivity contribution in [2.45, 2.75) is 6.42 Å². The second-order valence-corrected chi connectivity index (χ2v) is 4.24. The number of carbonyl (C=O) groups is 1. The van der Waals surface area contributed by atoms with Gasteiger partial charge in [-0.15, -0.1) is 0 Å². The minimum Gasteiger partial charge on any atom is -0.352 e. The van der Waals surface area contributed by atoms with Gasteiger partial charge >= 0.3 is 0 Å². The van der Waals surface area contributed by atoms with E-state index in [2.05, 4.69) is 15.4 Å². The molecule has 0 aliphatic carbocycles.